The number of halogens is 2. The molecule has 6 nitrogen and oxygen atoms in total. The molecular weight excluding hydrogens is 364 g/mol. The van der Waals surface area contributed by atoms with Crippen molar-refractivity contribution in [3.8, 4) is 0 Å². The summed E-state index contributed by atoms with van der Waals surface area (Å²) in [5.41, 5.74) is 0.498. The van der Waals surface area contributed by atoms with Gasteiger partial charge in [0.25, 0.3) is 0 Å². The highest BCUT2D eigenvalue weighted by Gasteiger charge is 2.26. The first-order chi connectivity index (χ1) is 9.95. The fraction of sp³-hybridized carbons (Fsp3) is 0.385. The maximum Gasteiger partial charge on any atom is 0.322 e. The van der Waals surface area contributed by atoms with Crippen molar-refractivity contribution in [3.63, 3.8) is 0 Å². The van der Waals surface area contributed by atoms with Crippen LogP contribution in [0, 0.1) is 0 Å². The van der Waals surface area contributed by atoms with E-state index in [2.05, 4.69) is 21.2 Å². The second-order valence-corrected chi connectivity index (χ2v) is 5.91. The van der Waals surface area contributed by atoms with Crippen molar-refractivity contribution in [2.24, 2.45) is 0 Å². The Hall–Kier alpha value is -1.31. The number of nitrogens with zero attached hydrogens (tertiary/aromatic N) is 1. The summed E-state index contributed by atoms with van der Waals surface area (Å²) >= 11 is 9.33. The van der Waals surface area contributed by atoms with E-state index in [0.29, 0.717) is 23.9 Å². The van der Waals surface area contributed by atoms with E-state index in [1.807, 2.05) is 0 Å². The molecule has 1 aliphatic heterocycles. The van der Waals surface area contributed by atoms with Gasteiger partial charge in [0.05, 0.1) is 29.8 Å². The van der Waals surface area contributed by atoms with E-state index in [1.165, 1.54) is 4.90 Å². The number of rotatable bonds is 3. The van der Waals surface area contributed by atoms with E-state index in [9.17, 15) is 9.59 Å². The molecule has 114 valence electrons. The number of hydrogen-bond donors (Lipinski definition) is 2. The first kappa shape index (κ1) is 16.1. The number of anilines is 1. The molecule has 2 rings (SSSR count). The van der Waals surface area contributed by atoms with E-state index in [0.717, 1.165) is 4.47 Å². The molecule has 1 saturated heterocycles. The molecule has 1 aromatic carbocycles. The van der Waals surface area contributed by atoms with E-state index in [4.69, 9.17) is 21.4 Å². The second kappa shape index (κ2) is 7.11. The highest BCUT2D eigenvalue weighted by molar-refractivity contribution is 9.10. The Morgan fingerprint density at radius 1 is 1.52 bits per heavy atom. The minimum atomic E-state index is -0.947. The molecule has 1 aliphatic rings. The predicted molar refractivity (Wildman–Crippen MR) is 81.7 cm³/mol. The number of amides is 2. The Kier molecular flexibility index (Phi) is 5.44. The minimum absolute atomic E-state index is 0.124. The number of morpholine rings is 1. The lowest BCUT2D eigenvalue weighted by Crippen LogP contribution is -2.47. The van der Waals surface area contributed by atoms with E-state index >= 15 is 0 Å². The summed E-state index contributed by atoms with van der Waals surface area (Å²) in [5, 5.41) is 11.9. The monoisotopic (exact) mass is 376 g/mol. The van der Waals surface area contributed by atoms with Crippen molar-refractivity contribution < 1.29 is 19.4 Å². The van der Waals surface area contributed by atoms with Crippen molar-refractivity contribution in [2.45, 2.75) is 12.5 Å². The van der Waals surface area contributed by atoms with Crippen LogP contribution in [0.25, 0.3) is 0 Å². The third-order valence-corrected chi connectivity index (χ3v) is 3.82. The molecule has 0 radical (unpaired) electrons. The first-order valence-corrected chi connectivity index (χ1v) is 7.47. The van der Waals surface area contributed by atoms with Gasteiger partial charge in [-0.25, -0.2) is 4.79 Å². The Bertz CT molecular complexity index is 555. The molecular formula is C13H14BrClN2O4. The van der Waals surface area contributed by atoms with Crippen LogP contribution >= 0.6 is 27.5 Å². The van der Waals surface area contributed by atoms with Gasteiger partial charge < -0.3 is 20.1 Å². The largest absolute Gasteiger partial charge is 0.481 e. The third kappa shape index (κ3) is 4.59. The van der Waals surface area contributed by atoms with E-state index in [-0.39, 0.29) is 19.0 Å². The van der Waals surface area contributed by atoms with Gasteiger partial charge in [-0.05, 0) is 18.2 Å². The number of nitrogens with one attached hydrogen (secondary N) is 1. The van der Waals surface area contributed by atoms with Crippen molar-refractivity contribution in [3.05, 3.63) is 27.7 Å². The van der Waals surface area contributed by atoms with Gasteiger partial charge in [-0.15, -0.1) is 0 Å². The molecule has 0 bridgehead atoms. The fourth-order valence-corrected chi connectivity index (χ4v) is 2.54. The van der Waals surface area contributed by atoms with Crippen LogP contribution in [-0.2, 0) is 9.53 Å². The summed E-state index contributed by atoms with van der Waals surface area (Å²) < 4.78 is 6.13. The molecule has 1 fully saturated rings. The number of carbonyl (C=O) groups excluding carboxylic acids is 1. The van der Waals surface area contributed by atoms with Crippen molar-refractivity contribution in [1.82, 2.24) is 4.90 Å². The summed E-state index contributed by atoms with van der Waals surface area (Å²) in [7, 11) is 0. The molecule has 1 atom stereocenters. The predicted octanol–water partition coefficient (Wildman–Crippen LogP) is 2.81. The molecule has 1 heterocycles. The summed E-state index contributed by atoms with van der Waals surface area (Å²) in [6.45, 7) is 0.967. The van der Waals surface area contributed by atoms with Crippen LogP contribution in [0.15, 0.2) is 22.7 Å². The summed E-state index contributed by atoms with van der Waals surface area (Å²) in [5.74, 6) is -0.947. The van der Waals surface area contributed by atoms with Crippen LogP contribution < -0.4 is 5.32 Å². The lowest BCUT2D eigenvalue weighted by molar-refractivity contribution is -0.141. The lowest BCUT2D eigenvalue weighted by Gasteiger charge is -2.32. The zero-order chi connectivity index (χ0) is 15.4. The molecule has 1 aromatic rings. The SMILES string of the molecule is O=C(O)CC1CN(C(=O)Nc2cc(Br)ccc2Cl)CCO1. The third-order valence-electron chi connectivity index (χ3n) is 3.00. The Labute approximate surface area is 135 Å². The van der Waals surface area contributed by atoms with Gasteiger partial charge >= 0.3 is 12.0 Å². The maximum atomic E-state index is 12.2. The van der Waals surface area contributed by atoms with Gasteiger partial charge in [0.15, 0.2) is 0 Å². The van der Waals surface area contributed by atoms with Crippen LogP contribution in [0.5, 0.6) is 0 Å². The zero-order valence-electron chi connectivity index (χ0n) is 11.0. The van der Waals surface area contributed by atoms with Gasteiger partial charge in [0.2, 0.25) is 0 Å². The average Bonchev–Trinajstić information content (AvgIpc) is 2.42. The number of urea groups is 1. The normalized spacial score (nSPS) is 18.4. The van der Waals surface area contributed by atoms with Gasteiger partial charge in [-0.2, -0.15) is 0 Å². The molecule has 21 heavy (non-hydrogen) atoms. The van der Waals surface area contributed by atoms with Crippen LogP contribution in [-0.4, -0.2) is 47.8 Å². The van der Waals surface area contributed by atoms with Crippen LogP contribution in [0.1, 0.15) is 6.42 Å². The topological polar surface area (TPSA) is 78.9 Å². The van der Waals surface area contributed by atoms with Gasteiger partial charge in [0.1, 0.15) is 0 Å². The average molecular weight is 378 g/mol. The van der Waals surface area contributed by atoms with Crippen LogP contribution in [0.3, 0.4) is 0 Å². The highest BCUT2D eigenvalue weighted by Crippen LogP contribution is 2.26. The zero-order valence-corrected chi connectivity index (χ0v) is 13.4. The second-order valence-electron chi connectivity index (χ2n) is 4.59. The molecule has 0 aliphatic carbocycles. The van der Waals surface area contributed by atoms with Crippen LogP contribution in [0.4, 0.5) is 10.5 Å². The quantitative estimate of drug-likeness (QED) is 0.849. The lowest BCUT2D eigenvalue weighted by atomic mass is 10.2. The minimum Gasteiger partial charge on any atom is -0.481 e. The van der Waals surface area contributed by atoms with E-state index in [1.54, 1.807) is 18.2 Å². The molecule has 0 spiro atoms. The van der Waals surface area contributed by atoms with E-state index < -0.39 is 12.1 Å². The highest BCUT2D eigenvalue weighted by atomic mass is 79.9. The van der Waals surface area contributed by atoms with Crippen molar-refractivity contribution >= 4 is 45.2 Å². The number of aliphatic carboxylic acids is 1. The molecule has 8 heteroatoms. The van der Waals surface area contributed by atoms with Crippen LogP contribution in [0.2, 0.25) is 5.02 Å². The number of carboxylic acid groups (broad SMARTS) is 1. The Morgan fingerprint density at radius 2 is 2.29 bits per heavy atom. The molecule has 2 amide bonds. The number of carboxylic acids is 1. The number of benzene rings is 1. The van der Waals surface area contributed by atoms with Gasteiger partial charge in [0, 0.05) is 17.6 Å². The number of carbonyl (C=O) groups is 2. The Balaban J connectivity index is 1.99. The van der Waals surface area contributed by atoms with Crippen molar-refractivity contribution in [1.29, 1.82) is 0 Å². The first-order valence-electron chi connectivity index (χ1n) is 6.30. The molecule has 1 unspecified atom stereocenters. The summed E-state index contributed by atoms with van der Waals surface area (Å²) in [4.78, 5) is 24.4. The van der Waals surface area contributed by atoms with Crippen molar-refractivity contribution in [2.75, 3.05) is 25.0 Å². The van der Waals surface area contributed by atoms with Gasteiger partial charge in [-0.1, -0.05) is 27.5 Å². The standard InChI is InChI=1S/C13H14BrClN2O4/c14-8-1-2-10(15)11(5-8)16-13(20)17-3-4-21-9(7-17)6-12(18)19/h1-2,5,9H,3-4,6-7H2,(H,16,20)(H,18,19). The molecule has 0 saturated carbocycles. The Morgan fingerprint density at radius 3 is 3.00 bits per heavy atom. The molecule has 0 aromatic heterocycles. The number of hydrogen-bond acceptors (Lipinski definition) is 3. The molecule has 2 N–H and O–H groups in total. The fourth-order valence-electron chi connectivity index (χ4n) is 2.01. The maximum absolute atomic E-state index is 12.2. The smallest absolute Gasteiger partial charge is 0.322 e. The summed E-state index contributed by atoms with van der Waals surface area (Å²) in [6.07, 6.45) is -0.610. The van der Waals surface area contributed by atoms with Gasteiger partial charge in [-0.3, -0.25) is 4.79 Å². The summed E-state index contributed by atoms with van der Waals surface area (Å²) in [6, 6.07) is 4.83. The number of ether oxygens (including phenoxy) is 1.